The fourth-order valence-electron chi connectivity index (χ4n) is 4.66. The largest absolute Gasteiger partial charge is 0.396 e. The Kier molecular flexibility index (Phi) is 6.25. The Morgan fingerprint density at radius 1 is 1.17 bits per heavy atom. The first-order valence-corrected chi connectivity index (χ1v) is 12.7. The minimum Gasteiger partial charge on any atom is -0.396 e. The quantitative estimate of drug-likeness (QED) is 0.551. The third kappa shape index (κ3) is 4.76. The third-order valence-corrected chi connectivity index (χ3v) is 7.43. The van der Waals surface area contributed by atoms with Crippen molar-refractivity contribution in [1.82, 2.24) is 9.97 Å². The summed E-state index contributed by atoms with van der Waals surface area (Å²) in [4.78, 5) is 8.47. The van der Waals surface area contributed by atoms with Crippen LogP contribution in [0, 0.1) is 5.92 Å². The molecule has 160 valence electrons. The minimum atomic E-state index is -3.20. The monoisotopic (exact) mass is 426 g/mol. The van der Waals surface area contributed by atoms with Crippen LogP contribution in [0.4, 0.5) is 0 Å². The molecule has 1 aliphatic carbocycles. The number of H-pyrrole nitrogens is 1. The molecule has 3 aromatic rings. The van der Waals surface area contributed by atoms with E-state index in [0.29, 0.717) is 10.8 Å². The number of aromatic amines is 1. The second-order valence-electron chi connectivity index (χ2n) is 8.61. The lowest BCUT2D eigenvalue weighted by atomic mass is 9.85. The molecule has 0 radical (unpaired) electrons. The molecular weight excluding hydrogens is 396 g/mol. The molecule has 1 fully saturated rings. The van der Waals surface area contributed by atoms with Crippen LogP contribution < -0.4 is 0 Å². The van der Waals surface area contributed by atoms with E-state index in [2.05, 4.69) is 22.1 Å². The van der Waals surface area contributed by atoms with Crippen molar-refractivity contribution in [2.45, 2.75) is 55.8 Å². The Bertz CT molecular complexity index is 1100. The number of aromatic nitrogens is 2. The lowest BCUT2D eigenvalue weighted by molar-refractivity contribution is 0.288. The maximum absolute atomic E-state index is 11.9. The second-order valence-corrected chi connectivity index (χ2v) is 10.6. The second kappa shape index (κ2) is 8.90. The topological polar surface area (TPSA) is 83.1 Å². The van der Waals surface area contributed by atoms with Gasteiger partial charge in [0.25, 0.3) is 0 Å². The third-order valence-electron chi connectivity index (χ3n) is 6.30. The standard InChI is InChI=1S/C24H30N2O3S/c1-30(28,29)21-10-8-19(9-11-21)22(14-17-5-2-3-6-17)23-15-20-13-18(7-4-12-27)16-25-24(20)26-23/h8-11,13,15-17,22,27H,2-7,12,14H2,1H3,(H,25,26). The van der Waals surface area contributed by atoms with Gasteiger partial charge in [-0.1, -0.05) is 37.8 Å². The highest BCUT2D eigenvalue weighted by Gasteiger charge is 2.24. The highest BCUT2D eigenvalue weighted by molar-refractivity contribution is 7.90. The molecule has 2 N–H and O–H groups in total. The van der Waals surface area contributed by atoms with Crippen molar-refractivity contribution in [1.29, 1.82) is 0 Å². The highest BCUT2D eigenvalue weighted by atomic mass is 32.2. The first kappa shape index (κ1) is 21.1. The molecule has 0 bridgehead atoms. The lowest BCUT2D eigenvalue weighted by Gasteiger charge is -2.20. The zero-order valence-electron chi connectivity index (χ0n) is 17.5. The molecule has 2 heterocycles. The van der Waals surface area contributed by atoms with Crippen molar-refractivity contribution < 1.29 is 13.5 Å². The molecule has 0 amide bonds. The van der Waals surface area contributed by atoms with E-state index in [-0.39, 0.29) is 12.5 Å². The average molecular weight is 427 g/mol. The lowest BCUT2D eigenvalue weighted by Crippen LogP contribution is -2.08. The number of hydrogen-bond donors (Lipinski definition) is 2. The fourth-order valence-corrected chi connectivity index (χ4v) is 5.29. The summed E-state index contributed by atoms with van der Waals surface area (Å²) in [5, 5.41) is 10.2. The van der Waals surface area contributed by atoms with E-state index >= 15 is 0 Å². The molecule has 1 atom stereocenters. The molecule has 0 spiro atoms. The van der Waals surface area contributed by atoms with Gasteiger partial charge in [0.05, 0.1) is 4.90 Å². The summed E-state index contributed by atoms with van der Waals surface area (Å²) < 4.78 is 23.7. The van der Waals surface area contributed by atoms with Crippen molar-refractivity contribution in [2.75, 3.05) is 12.9 Å². The normalized spacial score (nSPS) is 16.3. The van der Waals surface area contributed by atoms with Crippen LogP contribution in [-0.4, -0.2) is 36.4 Å². The number of fused-ring (bicyclic) bond motifs is 1. The Balaban J connectivity index is 1.68. The number of rotatable bonds is 8. The highest BCUT2D eigenvalue weighted by Crippen LogP contribution is 2.38. The Morgan fingerprint density at radius 3 is 2.57 bits per heavy atom. The number of aliphatic hydroxyl groups is 1. The molecule has 0 saturated heterocycles. The van der Waals surface area contributed by atoms with Crippen molar-refractivity contribution in [3.63, 3.8) is 0 Å². The van der Waals surface area contributed by atoms with Gasteiger partial charge in [0.15, 0.2) is 9.84 Å². The number of sulfone groups is 1. The van der Waals surface area contributed by atoms with E-state index in [1.165, 1.54) is 31.9 Å². The van der Waals surface area contributed by atoms with Gasteiger partial charge in [0.2, 0.25) is 0 Å². The van der Waals surface area contributed by atoms with E-state index in [4.69, 9.17) is 5.11 Å². The van der Waals surface area contributed by atoms with Gasteiger partial charge >= 0.3 is 0 Å². The van der Waals surface area contributed by atoms with Gasteiger partial charge in [-0.15, -0.1) is 0 Å². The number of hydrogen-bond acceptors (Lipinski definition) is 4. The molecule has 1 aliphatic rings. The molecule has 5 nitrogen and oxygen atoms in total. The minimum absolute atomic E-state index is 0.184. The van der Waals surface area contributed by atoms with Gasteiger partial charge in [0.1, 0.15) is 5.65 Å². The van der Waals surface area contributed by atoms with Gasteiger partial charge in [-0.3, -0.25) is 0 Å². The van der Waals surface area contributed by atoms with Crippen molar-refractivity contribution in [3.8, 4) is 0 Å². The smallest absolute Gasteiger partial charge is 0.175 e. The maximum atomic E-state index is 11.9. The number of nitrogens with one attached hydrogen (secondary N) is 1. The molecule has 2 aromatic heterocycles. The first-order valence-electron chi connectivity index (χ1n) is 10.8. The Morgan fingerprint density at radius 2 is 1.90 bits per heavy atom. The summed E-state index contributed by atoms with van der Waals surface area (Å²) in [6.45, 7) is 0.184. The Hall–Kier alpha value is -2.18. The SMILES string of the molecule is CS(=O)(=O)c1ccc(C(CC2CCCC2)c2cc3cc(CCCO)cnc3[nH]2)cc1. The molecule has 1 unspecified atom stereocenters. The van der Waals surface area contributed by atoms with Crippen LogP contribution in [0.3, 0.4) is 0 Å². The predicted octanol–water partition coefficient (Wildman–Crippen LogP) is 4.60. The summed E-state index contributed by atoms with van der Waals surface area (Å²) in [5.74, 6) is 0.890. The van der Waals surface area contributed by atoms with Gasteiger partial charge in [-0.2, -0.15) is 0 Å². The zero-order chi connectivity index (χ0) is 21.1. The summed E-state index contributed by atoms with van der Waals surface area (Å²) in [5.41, 5.74) is 4.28. The first-order chi connectivity index (χ1) is 14.4. The van der Waals surface area contributed by atoms with Crippen LogP contribution in [0.2, 0.25) is 0 Å². The number of nitrogens with zero attached hydrogens (tertiary/aromatic N) is 1. The van der Waals surface area contributed by atoms with E-state index < -0.39 is 9.84 Å². The molecule has 1 saturated carbocycles. The summed E-state index contributed by atoms with van der Waals surface area (Å²) in [6.07, 6.45) is 10.9. The van der Waals surface area contributed by atoms with E-state index in [1.807, 2.05) is 18.3 Å². The van der Waals surface area contributed by atoms with Crippen LogP contribution in [0.25, 0.3) is 11.0 Å². The summed E-state index contributed by atoms with van der Waals surface area (Å²) in [7, 11) is -3.20. The van der Waals surface area contributed by atoms with Crippen molar-refractivity contribution in [2.24, 2.45) is 5.92 Å². The van der Waals surface area contributed by atoms with E-state index in [1.54, 1.807) is 12.1 Å². The van der Waals surface area contributed by atoms with Crippen LogP contribution in [-0.2, 0) is 16.3 Å². The van der Waals surface area contributed by atoms with Gasteiger partial charge in [0, 0.05) is 36.1 Å². The Labute approximate surface area is 178 Å². The molecule has 4 rings (SSSR count). The molecule has 6 heteroatoms. The van der Waals surface area contributed by atoms with Crippen LogP contribution in [0.1, 0.15) is 61.3 Å². The van der Waals surface area contributed by atoms with Gasteiger partial charge < -0.3 is 10.1 Å². The summed E-state index contributed by atoms with van der Waals surface area (Å²) in [6, 6.07) is 11.7. The summed E-state index contributed by atoms with van der Waals surface area (Å²) >= 11 is 0. The van der Waals surface area contributed by atoms with Gasteiger partial charge in [-0.05, 0) is 60.6 Å². The van der Waals surface area contributed by atoms with Crippen LogP contribution in [0.15, 0.2) is 47.5 Å². The van der Waals surface area contributed by atoms with Crippen LogP contribution >= 0.6 is 0 Å². The van der Waals surface area contributed by atoms with E-state index in [0.717, 1.165) is 47.1 Å². The predicted molar refractivity (Wildman–Crippen MR) is 119 cm³/mol. The maximum Gasteiger partial charge on any atom is 0.175 e. The molecule has 0 aliphatic heterocycles. The number of aliphatic hydroxyl groups excluding tert-OH is 1. The molecule has 1 aromatic carbocycles. The van der Waals surface area contributed by atoms with Crippen molar-refractivity contribution >= 4 is 20.9 Å². The molecule has 30 heavy (non-hydrogen) atoms. The number of aryl methyl sites for hydroxylation is 1. The van der Waals surface area contributed by atoms with Crippen molar-refractivity contribution in [3.05, 3.63) is 59.4 Å². The van der Waals surface area contributed by atoms with E-state index in [9.17, 15) is 8.42 Å². The number of pyridine rings is 1. The van der Waals surface area contributed by atoms with Crippen LogP contribution in [0.5, 0.6) is 0 Å². The van der Waals surface area contributed by atoms with Gasteiger partial charge in [-0.25, -0.2) is 13.4 Å². The molecular formula is C24H30N2O3S. The fraction of sp³-hybridized carbons (Fsp3) is 0.458. The number of benzene rings is 1. The average Bonchev–Trinajstić information content (AvgIpc) is 3.39. The zero-order valence-corrected chi connectivity index (χ0v) is 18.3.